The molecule has 1 aromatic heterocycles. The number of hydrogen-bond donors (Lipinski definition) is 2. The number of carbonyl (C=O) groups is 1. The molecule has 1 aliphatic rings. The van der Waals surface area contributed by atoms with Gasteiger partial charge in [0.15, 0.2) is 11.6 Å². The quantitative estimate of drug-likeness (QED) is 0.794. The molecule has 1 unspecified atom stereocenters. The van der Waals surface area contributed by atoms with Gasteiger partial charge in [0, 0.05) is 24.5 Å². The Labute approximate surface area is 118 Å². The van der Waals surface area contributed by atoms with Gasteiger partial charge < -0.3 is 15.6 Å². The molecular weight excluding hydrogens is 288 g/mol. The smallest absolute Gasteiger partial charge is 0.270 e. The van der Waals surface area contributed by atoms with E-state index in [-0.39, 0.29) is 28.2 Å². The summed E-state index contributed by atoms with van der Waals surface area (Å²) in [6, 6.07) is 2.72. The second-order valence-corrected chi connectivity index (χ2v) is 5.34. The summed E-state index contributed by atoms with van der Waals surface area (Å²) in [5.74, 6) is -2.47. The number of aromatic nitrogens is 1. The van der Waals surface area contributed by atoms with Crippen LogP contribution in [-0.2, 0) is 0 Å². The molecule has 0 bridgehead atoms. The minimum Gasteiger partial charge on any atom is -0.348 e. The van der Waals surface area contributed by atoms with E-state index in [1.807, 2.05) is 0 Å². The first-order valence-corrected chi connectivity index (χ1v) is 6.56. The fraction of sp³-hybridized carbons (Fsp3) is 0.308. The first-order chi connectivity index (χ1) is 9.47. The van der Waals surface area contributed by atoms with Gasteiger partial charge in [0.05, 0.1) is 10.5 Å². The number of carbonyl (C=O) groups excluding carboxylic acids is 1. The number of H-pyrrole nitrogens is 1. The summed E-state index contributed by atoms with van der Waals surface area (Å²) in [4.78, 5) is 16.4. The summed E-state index contributed by atoms with van der Waals surface area (Å²) in [7, 11) is 0. The zero-order valence-electron chi connectivity index (χ0n) is 10.4. The molecule has 1 atom stereocenters. The lowest BCUT2D eigenvalue weighted by Gasteiger charge is -2.14. The van der Waals surface area contributed by atoms with Gasteiger partial charge in [-0.2, -0.15) is 0 Å². The average Bonchev–Trinajstić information content (AvgIpc) is 3.02. The van der Waals surface area contributed by atoms with Crippen molar-refractivity contribution in [2.75, 3.05) is 13.1 Å². The second-order valence-electron chi connectivity index (χ2n) is 4.93. The van der Waals surface area contributed by atoms with Crippen LogP contribution in [-0.4, -0.2) is 34.9 Å². The number of benzene rings is 1. The van der Waals surface area contributed by atoms with Gasteiger partial charge in [0.25, 0.3) is 5.91 Å². The third-order valence-electron chi connectivity index (χ3n) is 3.49. The van der Waals surface area contributed by atoms with Gasteiger partial charge >= 0.3 is 0 Å². The van der Waals surface area contributed by atoms with E-state index in [1.54, 1.807) is 4.90 Å². The molecule has 106 valence electrons. The van der Waals surface area contributed by atoms with Gasteiger partial charge in [-0.25, -0.2) is 8.78 Å². The zero-order valence-corrected chi connectivity index (χ0v) is 11.2. The summed E-state index contributed by atoms with van der Waals surface area (Å²) >= 11 is 5.59. The number of halogens is 3. The molecule has 0 spiro atoms. The number of fused-ring (bicyclic) bond motifs is 1. The normalized spacial score (nSPS) is 19.0. The molecular formula is C13H12ClF2N3O. The molecule has 4 nitrogen and oxygen atoms in total. The fourth-order valence-corrected chi connectivity index (χ4v) is 2.64. The van der Waals surface area contributed by atoms with Crippen molar-refractivity contribution >= 4 is 28.4 Å². The Balaban J connectivity index is 2.01. The van der Waals surface area contributed by atoms with Gasteiger partial charge in [0.2, 0.25) is 0 Å². The van der Waals surface area contributed by atoms with Crippen LogP contribution in [0.1, 0.15) is 16.9 Å². The van der Waals surface area contributed by atoms with Crippen molar-refractivity contribution in [3.8, 4) is 0 Å². The Morgan fingerprint density at radius 1 is 1.40 bits per heavy atom. The van der Waals surface area contributed by atoms with E-state index in [1.165, 1.54) is 12.1 Å². The van der Waals surface area contributed by atoms with Crippen molar-refractivity contribution in [1.29, 1.82) is 0 Å². The number of nitrogens with two attached hydrogens (primary N) is 1. The number of nitrogens with zero attached hydrogens (tertiary/aromatic N) is 1. The van der Waals surface area contributed by atoms with Gasteiger partial charge in [-0.15, -0.1) is 0 Å². The monoisotopic (exact) mass is 299 g/mol. The molecule has 1 aliphatic heterocycles. The van der Waals surface area contributed by atoms with E-state index in [2.05, 4.69) is 4.98 Å². The fourth-order valence-electron chi connectivity index (χ4n) is 2.44. The number of nitrogens with one attached hydrogen (secondary N) is 1. The lowest BCUT2D eigenvalue weighted by atomic mass is 10.2. The molecule has 1 fully saturated rings. The maximum Gasteiger partial charge on any atom is 0.270 e. The molecule has 3 rings (SSSR count). The molecule has 1 saturated heterocycles. The molecule has 1 amide bonds. The zero-order chi connectivity index (χ0) is 14.4. The summed E-state index contributed by atoms with van der Waals surface area (Å²) in [6.45, 7) is 1.03. The lowest BCUT2D eigenvalue weighted by molar-refractivity contribution is 0.0786. The highest BCUT2D eigenvalue weighted by Crippen LogP contribution is 2.27. The molecule has 7 heteroatoms. The van der Waals surface area contributed by atoms with Crippen LogP contribution in [0.5, 0.6) is 0 Å². The van der Waals surface area contributed by atoms with Crippen molar-refractivity contribution in [2.24, 2.45) is 5.73 Å². The minimum absolute atomic E-state index is 0.0352. The van der Waals surface area contributed by atoms with Crippen LogP contribution in [0.25, 0.3) is 10.9 Å². The Morgan fingerprint density at radius 3 is 2.80 bits per heavy atom. The number of amides is 1. The van der Waals surface area contributed by atoms with Crippen molar-refractivity contribution in [3.05, 3.63) is 34.5 Å². The maximum absolute atomic E-state index is 13.7. The summed E-state index contributed by atoms with van der Waals surface area (Å²) < 4.78 is 27.1. The first-order valence-electron chi connectivity index (χ1n) is 6.18. The summed E-state index contributed by atoms with van der Waals surface area (Å²) in [5, 5.41) is 0.0527. The Morgan fingerprint density at radius 2 is 2.15 bits per heavy atom. The van der Waals surface area contributed by atoms with Crippen LogP contribution in [0, 0.1) is 11.6 Å². The van der Waals surface area contributed by atoms with E-state index in [0.29, 0.717) is 18.5 Å². The van der Waals surface area contributed by atoms with E-state index in [0.717, 1.165) is 6.42 Å². The molecule has 2 heterocycles. The molecule has 0 aliphatic carbocycles. The number of hydrogen-bond acceptors (Lipinski definition) is 2. The molecule has 2 aromatic rings. The summed E-state index contributed by atoms with van der Waals surface area (Å²) in [5.41, 5.74) is 5.90. The van der Waals surface area contributed by atoms with E-state index in [9.17, 15) is 13.6 Å². The average molecular weight is 300 g/mol. The van der Waals surface area contributed by atoms with Gasteiger partial charge in [-0.1, -0.05) is 11.6 Å². The highest BCUT2D eigenvalue weighted by atomic mass is 35.5. The van der Waals surface area contributed by atoms with Crippen LogP contribution in [0.15, 0.2) is 12.1 Å². The van der Waals surface area contributed by atoms with Gasteiger partial charge in [-0.3, -0.25) is 4.79 Å². The lowest BCUT2D eigenvalue weighted by Crippen LogP contribution is -2.32. The molecule has 0 radical (unpaired) electrons. The highest BCUT2D eigenvalue weighted by molar-refractivity contribution is 6.31. The Hall–Kier alpha value is -1.66. The molecule has 20 heavy (non-hydrogen) atoms. The van der Waals surface area contributed by atoms with Crippen molar-refractivity contribution < 1.29 is 13.6 Å². The van der Waals surface area contributed by atoms with Crippen molar-refractivity contribution in [2.45, 2.75) is 12.5 Å². The van der Waals surface area contributed by atoms with Crippen LogP contribution in [0.4, 0.5) is 8.78 Å². The number of rotatable bonds is 1. The van der Waals surface area contributed by atoms with E-state index < -0.39 is 11.6 Å². The topological polar surface area (TPSA) is 62.1 Å². The molecule has 3 N–H and O–H groups in total. The van der Waals surface area contributed by atoms with Crippen LogP contribution in [0.3, 0.4) is 0 Å². The SMILES string of the molecule is NC1CCN(C(=O)c2cc3cc(Cl)c(F)c(F)c3[nH]2)C1. The van der Waals surface area contributed by atoms with Crippen LogP contribution in [0.2, 0.25) is 5.02 Å². The first kappa shape index (κ1) is 13.3. The number of aromatic amines is 1. The predicted molar refractivity (Wildman–Crippen MR) is 71.7 cm³/mol. The Bertz CT molecular complexity index is 700. The van der Waals surface area contributed by atoms with Gasteiger partial charge in [0.1, 0.15) is 5.69 Å². The maximum atomic E-state index is 13.7. The third kappa shape index (κ3) is 2.05. The second kappa shape index (κ2) is 4.71. The highest BCUT2D eigenvalue weighted by Gasteiger charge is 2.26. The van der Waals surface area contributed by atoms with Crippen molar-refractivity contribution in [1.82, 2.24) is 9.88 Å². The molecule has 1 aromatic carbocycles. The predicted octanol–water partition coefficient (Wildman–Crippen LogP) is 2.27. The number of likely N-dealkylation sites (tertiary alicyclic amines) is 1. The van der Waals surface area contributed by atoms with E-state index >= 15 is 0 Å². The van der Waals surface area contributed by atoms with Gasteiger partial charge in [-0.05, 0) is 18.6 Å². The summed E-state index contributed by atoms with van der Waals surface area (Å²) in [6.07, 6.45) is 0.737. The Kier molecular flexibility index (Phi) is 3.14. The minimum atomic E-state index is -1.12. The van der Waals surface area contributed by atoms with Crippen LogP contribution >= 0.6 is 11.6 Å². The standard InChI is InChI=1S/C13H12ClF2N3O/c14-8-3-6-4-9(18-12(6)11(16)10(8)15)13(20)19-2-1-7(17)5-19/h3-4,7,18H,1-2,5,17H2. The third-order valence-corrected chi connectivity index (χ3v) is 3.77. The molecule has 0 saturated carbocycles. The van der Waals surface area contributed by atoms with E-state index in [4.69, 9.17) is 17.3 Å². The largest absolute Gasteiger partial charge is 0.348 e. The van der Waals surface area contributed by atoms with Crippen LogP contribution < -0.4 is 5.73 Å². The van der Waals surface area contributed by atoms with Crippen molar-refractivity contribution in [3.63, 3.8) is 0 Å².